The van der Waals surface area contributed by atoms with E-state index in [4.69, 9.17) is 10.4 Å². The molecule has 11 heteroatoms. The van der Waals surface area contributed by atoms with E-state index in [-0.39, 0.29) is 0 Å². The fourth-order valence-electron chi connectivity index (χ4n) is 2.90. The third-order valence-corrected chi connectivity index (χ3v) is 5.92. The molecule has 0 bridgehead atoms. The van der Waals surface area contributed by atoms with E-state index < -0.39 is 7.70 Å². The van der Waals surface area contributed by atoms with Gasteiger partial charge in [0.15, 0.2) is 16.8 Å². The van der Waals surface area contributed by atoms with Crippen LogP contribution < -0.4 is 16.2 Å². The molecule has 0 aliphatic carbocycles. The Balaban J connectivity index is 1.81. The summed E-state index contributed by atoms with van der Waals surface area (Å²) in [7, 11) is -0.685. The molecule has 1 aliphatic rings. The third-order valence-electron chi connectivity index (χ3n) is 3.93. The van der Waals surface area contributed by atoms with Crippen LogP contribution in [0.3, 0.4) is 0 Å². The zero-order valence-electron chi connectivity index (χ0n) is 13.9. The number of hydrogen-bond acceptors (Lipinski definition) is 9. The highest BCUT2D eigenvalue weighted by Crippen LogP contribution is 2.42. The number of hydrogen-bond donors (Lipinski definition) is 2. The van der Waals surface area contributed by atoms with E-state index in [0.717, 1.165) is 30.0 Å². The lowest BCUT2D eigenvalue weighted by Crippen LogP contribution is -2.26. The van der Waals surface area contributed by atoms with Gasteiger partial charge in [0, 0.05) is 17.8 Å². The zero-order valence-corrected chi connectivity index (χ0v) is 15.6. The van der Waals surface area contributed by atoms with Crippen molar-refractivity contribution < 1.29 is 4.52 Å². The summed E-state index contributed by atoms with van der Waals surface area (Å²) in [5.74, 6) is 7.75. The second-order valence-electron chi connectivity index (χ2n) is 5.77. The molecule has 0 saturated heterocycles. The van der Waals surface area contributed by atoms with Crippen LogP contribution >= 0.6 is 19.0 Å². The molecule has 0 aromatic carbocycles. The average Bonchev–Trinajstić information content (AvgIpc) is 3.27. The second kappa shape index (κ2) is 6.21. The number of aromatic nitrogens is 5. The van der Waals surface area contributed by atoms with E-state index in [9.17, 15) is 0 Å². The maximum absolute atomic E-state index is 5.54. The minimum atomic E-state index is -0.685. The predicted octanol–water partition coefficient (Wildman–Crippen LogP) is 1.85. The molecule has 25 heavy (non-hydrogen) atoms. The molecule has 1 atom stereocenters. The van der Waals surface area contributed by atoms with Crippen LogP contribution in [0.4, 0.5) is 10.9 Å². The lowest BCUT2D eigenvalue weighted by Gasteiger charge is -2.20. The fraction of sp³-hybridized carbons (Fsp3) is 0.357. The van der Waals surface area contributed by atoms with Crippen molar-refractivity contribution in [1.82, 2.24) is 24.7 Å². The standard InChI is InChI=1S/C14H18N8OPS/c1-8-17-11(23-20-8)7-21-5-4-10-12(18-14(19-15)25-10)9-6-16-22(13(9)21)24(2)3/h6H,2,4-5,7,15H2,1,3H3,(H,18,19)/q+1. The van der Waals surface area contributed by atoms with E-state index in [2.05, 4.69) is 43.5 Å². The molecule has 0 radical (unpaired) electrons. The molecule has 130 valence electrons. The maximum atomic E-state index is 5.54. The van der Waals surface area contributed by atoms with Crippen molar-refractivity contribution in [2.24, 2.45) is 5.84 Å². The highest BCUT2D eigenvalue weighted by molar-refractivity contribution is 7.53. The van der Waals surface area contributed by atoms with Crippen molar-refractivity contribution in [3.05, 3.63) is 22.8 Å². The number of thiazole rings is 1. The topological polar surface area (TPSA) is 111 Å². The first-order valence-electron chi connectivity index (χ1n) is 7.70. The Hall–Kier alpha value is -2.29. The molecule has 0 amide bonds. The predicted molar refractivity (Wildman–Crippen MR) is 100 cm³/mol. The number of aryl methyl sites for hydroxylation is 1. The van der Waals surface area contributed by atoms with E-state index in [1.165, 1.54) is 4.88 Å². The van der Waals surface area contributed by atoms with Gasteiger partial charge in [-0.2, -0.15) is 4.98 Å². The Morgan fingerprint density at radius 1 is 1.48 bits per heavy atom. The molecule has 3 N–H and O–H groups in total. The fourth-order valence-corrected chi connectivity index (χ4v) is 4.56. The summed E-state index contributed by atoms with van der Waals surface area (Å²) in [6.45, 7) is 5.20. The van der Waals surface area contributed by atoms with Crippen molar-refractivity contribution in [2.75, 3.05) is 23.5 Å². The van der Waals surface area contributed by atoms with Crippen LogP contribution in [0.25, 0.3) is 11.3 Å². The van der Waals surface area contributed by atoms with E-state index >= 15 is 0 Å². The van der Waals surface area contributed by atoms with Crippen LogP contribution in [0.1, 0.15) is 16.6 Å². The van der Waals surface area contributed by atoms with Gasteiger partial charge in [-0.25, -0.2) is 10.8 Å². The molecular weight excluding hydrogens is 359 g/mol. The Bertz CT molecular complexity index is 945. The highest BCUT2D eigenvalue weighted by Gasteiger charge is 2.31. The van der Waals surface area contributed by atoms with Gasteiger partial charge in [0.25, 0.3) is 0 Å². The largest absolute Gasteiger partial charge is 0.343 e. The number of rotatable bonds is 4. The molecule has 4 heterocycles. The maximum Gasteiger partial charge on any atom is 0.246 e. The Labute approximate surface area is 149 Å². The Morgan fingerprint density at radius 2 is 2.32 bits per heavy atom. The number of fused-ring (bicyclic) bond motifs is 3. The summed E-state index contributed by atoms with van der Waals surface area (Å²) in [5, 5.41) is 9.15. The first kappa shape index (κ1) is 16.2. The first-order chi connectivity index (χ1) is 12.1. The van der Waals surface area contributed by atoms with E-state index in [1.54, 1.807) is 11.3 Å². The molecule has 0 spiro atoms. The number of nitrogens with one attached hydrogen (secondary N) is 1. The average molecular weight is 377 g/mol. The summed E-state index contributed by atoms with van der Waals surface area (Å²) in [4.78, 5) is 12.4. The van der Waals surface area contributed by atoms with Crippen LogP contribution in [0.2, 0.25) is 0 Å². The van der Waals surface area contributed by atoms with Crippen LogP contribution in [0, 0.1) is 6.92 Å². The normalized spacial score (nSPS) is 14.0. The molecule has 1 unspecified atom stereocenters. The molecule has 4 rings (SSSR count). The monoisotopic (exact) mass is 377 g/mol. The number of hydrazine groups is 1. The molecule has 9 nitrogen and oxygen atoms in total. The van der Waals surface area contributed by atoms with Gasteiger partial charge in [-0.05, 0) is 6.92 Å². The molecule has 3 aromatic heterocycles. The second-order valence-corrected chi connectivity index (χ2v) is 8.55. The van der Waals surface area contributed by atoms with Crippen LogP contribution in [0.5, 0.6) is 0 Å². The summed E-state index contributed by atoms with van der Waals surface area (Å²) in [6.07, 6.45) is 6.89. The van der Waals surface area contributed by atoms with Gasteiger partial charge in [0.05, 0.1) is 30.3 Å². The number of nitrogen functional groups attached to an aromatic ring is 1. The van der Waals surface area contributed by atoms with Gasteiger partial charge in [-0.15, -0.1) is 16.4 Å². The van der Waals surface area contributed by atoms with Crippen LogP contribution in [0.15, 0.2) is 10.7 Å². The minimum absolute atomic E-state index is 0.527. The van der Waals surface area contributed by atoms with Crippen molar-refractivity contribution >= 4 is 36.3 Å². The molecule has 0 saturated carbocycles. The molecule has 3 aromatic rings. The number of nitrogens with zero attached hydrogens (tertiary/aromatic N) is 6. The van der Waals surface area contributed by atoms with Gasteiger partial charge < -0.3 is 9.42 Å². The van der Waals surface area contributed by atoms with Gasteiger partial charge in [0.1, 0.15) is 6.66 Å². The Morgan fingerprint density at radius 3 is 3.00 bits per heavy atom. The molecular formula is C14H18N8OPS+. The molecule has 0 fully saturated rings. The van der Waals surface area contributed by atoms with Crippen molar-refractivity contribution in [1.29, 1.82) is 0 Å². The van der Waals surface area contributed by atoms with Gasteiger partial charge >= 0.3 is 0 Å². The highest BCUT2D eigenvalue weighted by atomic mass is 32.1. The van der Waals surface area contributed by atoms with E-state index in [0.29, 0.717) is 23.4 Å². The SMILES string of the molecule is C=[P+](C)n1ncc2c1N(Cc1nc(C)no1)CCc1sc(NN)nc1-2. The van der Waals surface area contributed by atoms with Gasteiger partial charge in [0.2, 0.25) is 13.6 Å². The zero-order chi connectivity index (χ0) is 17.6. The van der Waals surface area contributed by atoms with Crippen molar-refractivity contribution in [3.63, 3.8) is 0 Å². The first-order valence-corrected chi connectivity index (χ1v) is 10.4. The summed E-state index contributed by atoms with van der Waals surface area (Å²) in [5.41, 5.74) is 4.56. The van der Waals surface area contributed by atoms with Crippen LogP contribution in [-0.4, -0.2) is 44.2 Å². The van der Waals surface area contributed by atoms with Gasteiger partial charge in [-0.1, -0.05) is 9.61 Å². The van der Waals surface area contributed by atoms with Gasteiger partial charge in [-0.3, -0.25) is 5.43 Å². The lowest BCUT2D eigenvalue weighted by atomic mass is 10.2. The van der Waals surface area contributed by atoms with Crippen molar-refractivity contribution in [3.8, 4) is 11.3 Å². The quantitative estimate of drug-likeness (QED) is 0.403. The van der Waals surface area contributed by atoms with Crippen LogP contribution in [-0.2, 0) is 13.0 Å². The Kier molecular flexibility index (Phi) is 4.03. The number of nitrogens with two attached hydrogens (primary N) is 1. The summed E-state index contributed by atoms with van der Waals surface area (Å²) in [6, 6.07) is 0. The van der Waals surface area contributed by atoms with E-state index in [1.807, 2.05) is 17.6 Å². The number of anilines is 2. The van der Waals surface area contributed by atoms with Crippen molar-refractivity contribution in [2.45, 2.75) is 19.9 Å². The molecule has 1 aliphatic heterocycles. The third kappa shape index (κ3) is 2.82. The summed E-state index contributed by atoms with van der Waals surface area (Å²) >= 11 is 1.57. The minimum Gasteiger partial charge on any atom is -0.343 e. The summed E-state index contributed by atoms with van der Waals surface area (Å²) < 4.78 is 7.28. The lowest BCUT2D eigenvalue weighted by molar-refractivity contribution is 0.372. The smallest absolute Gasteiger partial charge is 0.246 e.